The van der Waals surface area contributed by atoms with Crippen LogP contribution in [0.1, 0.15) is 32.6 Å². The van der Waals surface area contributed by atoms with Crippen LogP contribution in [0.2, 0.25) is 0 Å². The third-order valence-corrected chi connectivity index (χ3v) is 3.85. The molecule has 0 amide bonds. The number of hydrogen-bond acceptors (Lipinski definition) is 5. The number of aromatic nitrogens is 2. The van der Waals surface area contributed by atoms with Crippen molar-refractivity contribution in [3.8, 4) is 0 Å². The number of aliphatic hydroxyl groups excluding tert-OH is 1. The molecule has 0 bridgehead atoms. The maximum atomic E-state index is 11.8. The Morgan fingerprint density at radius 1 is 1.45 bits per heavy atom. The molecule has 1 fully saturated rings. The summed E-state index contributed by atoms with van der Waals surface area (Å²) in [7, 11) is 0. The van der Waals surface area contributed by atoms with Gasteiger partial charge in [-0.2, -0.15) is 0 Å². The summed E-state index contributed by atoms with van der Waals surface area (Å²) in [5.74, 6) is 0.286. The molecule has 2 unspecified atom stereocenters. The molecule has 1 aromatic heterocycles. The van der Waals surface area contributed by atoms with Crippen LogP contribution < -0.4 is 22.3 Å². The summed E-state index contributed by atoms with van der Waals surface area (Å²) >= 11 is 0. The quantitative estimate of drug-likeness (QED) is 0.612. The van der Waals surface area contributed by atoms with E-state index in [4.69, 9.17) is 5.73 Å². The second-order valence-electron chi connectivity index (χ2n) is 5.31. The number of anilines is 2. The molecule has 1 aliphatic carbocycles. The second kappa shape index (κ2) is 6.13. The Balaban J connectivity index is 2.20. The number of aromatic amines is 1. The van der Waals surface area contributed by atoms with E-state index in [0.29, 0.717) is 13.1 Å². The number of nitrogens with zero attached hydrogens (tertiary/aromatic N) is 1. The number of nitrogen functional groups attached to an aromatic ring is 1. The number of nitrogens with two attached hydrogens (primary N) is 1. The van der Waals surface area contributed by atoms with Crippen LogP contribution in [-0.4, -0.2) is 27.3 Å². The van der Waals surface area contributed by atoms with Crippen LogP contribution in [0.25, 0.3) is 0 Å². The molecule has 1 aromatic rings. The lowest BCUT2D eigenvalue weighted by Gasteiger charge is -2.17. The fraction of sp³-hybridized carbons (Fsp3) is 0.692. The number of aliphatic hydroxyl groups is 1. The maximum Gasteiger partial charge on any atom is 0.330 e. The van der Waals surface area contributed by atoms with Gasteiger partial charge in [-0.1, -0.05) is 13.3 Å². The highest BCUT2D eigenvalue weighted by Crippen LogP contribution is 2.25. The third kappa shape index (κ3) is 2.87. The molecule has 0 radical (unpaired) electrons. The summed E-state index contributed by atoms with van der Waals surface area (Å²) < 4.78 is 1.36. The van der Waals surface area contributed by atoms with Crippen molar-refractivity contribution in [2.45, 2.75) is 45.3 Å². The highest BCUT2D eigenvalue weighted by Gasteiger charge is 2.25. The Morgan fingerprint density at radius 2 is 2.20 bits per heavy atom. The summed E-state index contributed by atoms with van der Waals surface area (Å²) in [6.07, 6.45) is 3.14. The van der Waals surface area contributed by atoms with Crippen LogP contribution in [0.3, 0.4) is 0 Å². The Labute approximate surface area is 116 Å². The highest BCUT2D eigenvalue weighted by atomic mass is 16.3. The predicted molar refractivity (Wildman–Crippen MR) is 77.9 cm³/mol. The molecular weight excluding hydrogens is 260 g/mol. The minimum Gasteiger partial charge on any atom is -0.393 e. The van der Waals surface area contributed by atoms with Crippen LogP contribution in [0.15, 0.2) is 9.59 Å². The first-order valence-corrected chi connectivity index (χ1v) is 7.09. The molecule has 7 heteroatoms. The lowest BCUT2D eigenvalue weighted by molar-refractivity contribution is 0.138. The molecule has 2 atom stereocenters. The largest absolute Gasteiger partial charge is 0.393 e. The smallest absolute Gasteiger partial charge is 0.330 e. The van der Waals surface area contributed by atoms with Crippen LogP contribution >= 0.6 is 0 Å². The molecule has 1 saturated carbocycles. The van der Waals surface area contributed by atoms with E-state index in [-0.39, 0.29) is 23.5 Å². The monoisotopic (exact) mass is 282 g/mol. The van der Waals surface area contributed by atoms with Crippen LogP contribution in [0.5, 0.6) is 0 Å². The summed E-state index contributed by atoms with van der Waals surface area (Å²) in [5.41, 5.74) is 5.14. The molecule has 1 aliphatic rings. The van der Waals surface area contributed by atoms with Crippen molar-refractivity contribution in [1.29, 1.82) is 0 Å². The zero-order valence-electron chi connectivity index (χ0n) is 11.7. The van der Waals surface area contributed by atoms with Crippen molar-refractivity contribution in [2.24, 2.45) is 5.92 Å². The van der Waals surface area contributed by atoms with Gasteiger partial charge < -0.3 is 16.2 Å². The molecule has 20 heavy (non-hydrogen) atoms. The van der Waals surface area contributed by atoms with Gasteiger partial charge in [0.1, 0.15) is 11.5 Å². The lowest BCUT2D eigenvalue weighted by atomic mass is 10.1. The van der Waals surface area contributed by atoms with Crippen molar-refractivity contribution in [2.75, 3.05) is 17.6 Å². The Morgan fingerprint density at radius 3 is 2.80 bits per heavy atom. The third-order valence-electron chi connectivity index (χ3n) is 3.85. The van der Waals surface area contributed by atoms with Gasteiger partial charge in [-0.15, -0.1) is 0 Å². The Hall–Kier alpha value is -1.76. The standard InChI is InChI=1S/C13H22N4O3/c1-2-6-17-11(14)10(12(19)16-13(17)20)15-7-8-4-3-5-9(8)18/h8-9,15,18H,2-7,14H2,1H3,(H,16,19,20). The maximum absolute atomic E-state index is 11.8. The number of rotatable bonds is 5. The minimum absolute atomic E-state index is 0.125. The first-order chi connectivity index (χ1) is 9.54. The van der Waals surface area contributed by atoms with E-state index >= 15 is 0 Å². The number of nitrogens with one attached hydrogen (secondary N) is 2. The zero-order chi connectivity index (χ0) is 14.7. The van der Waals surface area contributed by atoms with Crippen LogP contribution in [0.4, 0.5) is 11.5 Å². The summed E-state index contributed by atoms with van der Waals surface area (Å²) in [6.45, 7) is 2.87. The van der Waals surface area contributed by atoms with Gasteiger partial charge in [-0.05, 0) is 19.3 Å². The van der Waals surface area contributed by atoms with Gasteiger partial charge in [0, 0.05) is 19.0 Å². The van der Waals surface area contributed by atoms with Gasteiger partial charge >= 0.3 is 5.69 Å². The van der Waals surface area contributed by atoms with Gasteiger partial charge in [0.15, 0.2) is 0 Å². The van der Waals surface area contributed by atoms with E-state index in [1.54, 1.807) is 0 Å². The molecule has 0 aromatic carbocycles. The fourth-order valence-corrected chi connectivity index (χ4v) is 2.69. The molecule has 5 N–H and O–H groups in total. The van der Waals surface area contributed by atoms with E-state index in [1.807, 2.05) is 6.92 Å². The average Bonchev–Trinajstić information content (AvgIpc) is 2.80. The van der Waals surface area contributed by atoms with Gasteiger partial charge in [0.25, 0.3) is 5.56 Å². The highest BCUT2D eigenvalue weighted by molar-refractivity contribution is 5.60. The lowest BCUT2D eigenvalue weighted by Crippen LogP contribution is -2.35. The van der Waals surface area contributed by atoms with Crippen LogP contribution in [0, 0.1) is 5.92 Å². The van der Waals surface area contributed by atoms with Crippen molar-refractivity contribution in [3.63, 3.8) is 0 Å². The summed E-state index contributed by atoms with van der Waals surface area (Å²) in [5, 5.41) is 12.8. The van der Waals surface area contributed by atoms with E-state index in [9.17, 15) is 14.7 Å². The predicted octanol–water partition coefficient (Wildman–Crippen LogP) is 0.102. The van der Waals surface area contributed by atoms with Gasteiger partial charge in [-0.25, -0.2) is 4.79 Å². The molecule has 0 aliphatic heterocycles. The molecule has 112 valence electrons. The van der Waals surface area contributed by atoms with Crippen LogP contribution in [-0.2, 0) is 6.54 Å². The number of hydrogen-bond donors (Lipinski definition) is 4. The molecule has 7 nitrogen and oxygen atoms in total. The molecule has 0 spiro atoms. The fourth-order valence-electron chi connectivity index (χ4n) is 2.69. The van der Waals surface area contributed by atoms with E-state index in [0.717, 1.165) is 25.7 Å². The molecular formula is C13H22N4O3. The topological polar surface area (TPSA) is 113 Å². The first kappa shape index (κ1) is 14.6. The number of H-pyrrole nitrogens is 1. The first-order valence-electron chi connectivity index (χ1n) is 7.09. The SMILES string of the molecule is CCCn1c(N)c(NCC2CCCC2O)c(=O)[nH]c1=O. The van der Waals surface area contributed by atoms with E-state index < -0.39 is 11.2 Å². The zero-order valence-corrected chi connectivity index (χ0v) is 11.7. The van der Waals surface area contributed by atoms with Crippen molar-refractivity contribution >= 4 is 11.5 Å². The Kier molecular flexibility index (Phi) is 4.49. The van der Waals surface area contributed by atoms with Crippen molar-refractivity contribution in [1.82, 2.24) is 9.55 Å². The van der Waals surface area contributed by atoms with Gasteiger partial charge in [0.05, 0.1) is 6.10 Å². The van der Waals surface area contributed by atoms with Crippen molar-refractivity contribution in [3.05, 3.63) is 20.8 Å². The molecule has 0 saturated heterocycles. The molecule has 1 heterocycles. The van der Waals surface area contributed by atoms with E-state index in [1.165, 1.54) is 4.57 Å². The van der Waals surface area contributed by atoms with Gasteiger partial charge in [-0.3, -0.25) is 14.3 Å². The Bertz CT molecular complexity index is 578. The van der Waals surface area contributed by atoms with E-state index in [2.05, 4.69) is 10.3 Å². The second-order valence-corrected chi connectivity index (χ2v) is 5.31. The summed E-state index contributed by atoms with van der Waals surface area (Å²) in [6, 6.07) is 0. The van der Waals surface area contributed by atoms with Gasteiger partial charge in [0.2, 0.25) is 0 Å². The normalized spacial score (nSPS) is 22.1. The van der Waals surface area contributed by atoms with Crippen molar-refractivity contribution < 1.29 is 5.11 Å². The summed E-state index contributed by atoms with van der Waals surface area (Å²) in [4.78, 5) is 25.8. The minimum atomic E-state index is -0.507. The average molecular weight is 282 g/mol. The molecule has 2 rings (SSSR count).